The molecule has 2 N–H and O–H groups in total. The first kappa shape index (κ1) is 23.3. The van der Waals surface area contributed by atoms with Crippen LogP contribution in [-0.2, 0) is 0 Å². The zero-order chi connectivity index (χ0) is 24.9. The van der Waals surface area contributed by atoms with Crippen molar-refractivity contribution in [3.05, 3.63) is 54.0 Å². The summed E-state index contributed by atoms with van der Waals surface area (Å²) in [7, 11) is 0. The Morgan fingerprint density at radius 1 is 1.09 bits per heavy atom. The molecule has 0 spiro atoms. The van der Waals surface area contributed by atoms with Gasteiger partial charge in [0.15, 0.2) is 17.2 Å². The Morgan fingerprint density at radius 3 is 2.57 bits per heavy atom. The van der Waals surface area contributed by atoms with Crippen molar-refractivity contribution in [1.29, 1.82) is 0 Å². The molecular formula is C22H18F6N6O. The fourth-order valence-electron chi connectivity index (χ4n) is 4.38. The third-order valence-corrected chi connectivity index (χ3v) is 5.84. The summed E-state index contributed by atoms with van der Waals surface area (Å²) in [6, 6.07) is 5.26. The Morgan fingerprint density at radius 2 is 1.89 bits per heavy atom. The standard InChI is InChI=1S/C22H18F6N6O/c23-13-7-11-1-3-15(30-18(11)16(8-13)35-21(24)25)20-32-31-17-4-2-12(9-34(17)20)19(22(26,27)28)33-6-5-14(29)10-33/h1-4,7-9,14,19,21H,5-6,10,29H2/t14-,19+/m0/s1. The number of aromatic nitrogens is 4. The molecule has 0 amide bonds. The number of hydrogen-bond donors (Lipinski definition) is 1. The molecule has 1 aromatic carbocycles. The molecule has 1 aliphatic rings. The average molecular weight is 496 g/mol. The minimum atomic E-state index is -4.56. The molecule has 13 heteroatoms. The van der Waals surface area contributed by atoms with E-state index in [1.807, 2.05) is 0 Å². The lowest BCUT2D eigenvalue weighted by molar-refractivity contribution is -0.183. The number of hydrogen-bond acceptors (Lipinski definition) is 6. The zero-order valence-corrected chi connectivity index (χ0v) is 17.9. The van der Waals surface area contributed by atoms with Crippen LogP contribution in [0, 0.1) is 5.82 Å². The van der Waals surface area contributed by atoms with Gasteiger partial charge >= 0.3 is 12.8 Å². The molecule has 1 saturated heterocycles. The van der Waals surface area contributed by atoms with Gasteiger partial charge in [0.05, 0.1) is 0 Å². The summed E-state index contributed by atoms with van der Waals surface area (Å²) in [6.45, 7) is -2.90. The monoisotopic (exact) mass is 496 g/mol. The van der Waals surface area contributed by atoms with E-state index in [9.17, 15) is 26.3 Å². The quantitative estimate of drug-likeness (QED) is 0.415. The van der Waals surface area contributed by atoms with Gasteiger partial charge in [-0.05, 0) is 30.2 Å². The first-order chi connectivity index (χ1) is 16.6. The second-order valence-electron chi connectivity index (χ2n) is 8.25. The fourth-order valence-corrected chi connectivity index (χ4v) is 4.38. The number of nitrogens with zero attached hydrogens (tertiary/aromatic N) is 5. The van der Waals surface area contributed by atoms with Crippen LogP contribution >= 0.6 is 0 Å². The van der Waals surface area contributed by atoms with E-state index in [1.54, 1.807) is 0 Å². The van der Waals surface area contributed by atoms with E-state index in [2.05, 4.69) is 19.9 Å². The molecule has 7 nitrogen and oxygen atoms in total. The van der Waals surface area contributed by atoms with Crippen LogP contribution in [0.2, 0.25) is 0 Å². The van der Waals surface area contributed by atoms with Gasteiger partial charge in [-0.2, -0.15) is 22.0 Å². The predicted molar refractivity (Wildman–Crippen MR) is 113 cm³/mol. The van der Waals surface area contributed by atoms with Crippen LogP contribution in [0.4, 0.5) is 26.3 Å². The maximum absolute atomic E-state index is 14.0. The van der Waals surface area contributed by atoms with Gasteiger partial charge in [-0.1, -0.05) is 12.1 Å². The second kappa shape index (κ2) is 8.64. The van der Waals surface area contributed by atoms with Crippen molar-refractivity contribution >= 4 is 16.6 Å². The van der Waals surface area contributed by atoms with Crippen molar-refractivity contribution in [2.24, 2.45) is 5.73 Å². The normalized spacial score (nSPS) is 18.1. The molecule has 2 atom stereocenters. The third-order valence-electron chi connectivity index (χ3n) is 5.84. The second-order valence-corrected chi connectivity index (χ2v) is 8.25. The number of pyridine rings is 2. The maximum atomic E-state index is 14.0. The Bertz CT molecular complexity index is 1390. The van der Waals surface area contributed by atoms with Crippen LogP contribution in [0.3, 0.4) is 0 Å². The number of benzene rings is 1. The molecular weight excluding hydrogens is 478 g/mol. The van der Waals surface area contributed by atoms with Crippen LogP contribution in [-0.4, -0.2) is 56.4 Å². The molecule has 184 valence electrons. The minimum Gasteiger partial charge on any atom is -0.432 e. The van der Waals surface area contributed by atoms with E-state index in [0.29, 0.717) is 6.42 Å². The molecule has 0 unspecified atom stereocenters. The highest BCUT2D eigenvalue weighted by Crippen LogP contribution is 2.39. The Labute approximate surface area is 194 Å². The van der Waals surface area contributed by atoms with Crippen LogP contribution < -0.4 is 10.5 Å². The number of alkyl halides is 5. The summed E-state index contributed by atoms with van der Waals surface area (Å²) < 4.78 is 87.4. The summed E-state index contributed by atoms with van der Waals surface area (Å²) in [5.74, 6) is -1.19. The van der Waals surface area contributed by atoms with Gasteiger partial charge in [0.25, 0.3) is 0 Å². The summed E-state index contributed by atoms with van der Waals surface area (Å²) in [5, 5.41) is 8.20. The van der Waals surface area contributed by atoms with Crippen LogP contribution in [0.25, 0.3) is 28.1 Å². The number of nitrogens with two attached hydrogens (primary N) is 1. The zero-order valence-electron chi connectivity index (χ0n) is 17.9. The van der Waals surface area contributed by atoms with E-state index in [4.69, 9.17) is 5.73 Å². The van der Waals surface area contributed by atoms with Crippen molar-refractivity contribution in [3.63, 3.8) is 0 Å². The summed E-state index contributed by atoms with van der Waals surface area (Å²) in [4.78, 5) is 5.56. The summed E-state index contributed by atoms with van der Waals surface area (Å²) in [5.41, 5.74) is 6.12. The molecule has 0 saturated carbocycles. The van der Waals surface area contributed by atoms with Crippen molar-refractivity contribution in [2.45, 2.75) is 31.3 Å². The van der Waals surface area contributed by atoms with E-state index in [-0.39, 0.29) is 52.8 Å². The highest BCUT2D eigenvalue weighted by atomic mass is 19.4. The largest absolute Gasteiger partial charge is 0.432 e. The number of halogens is 6. The number of ether oxygens (including phenoxy) is 1. The van der Waals surface area contributed by atoms with Gasteiger partial charge in [0, 0.05) is 36.8 Å². The van der Waals surface area contributed by atoms with E-state index >= 15 is 0 Å². The molecule has 5 rings (SSSR count). The Kier molecular flexibility index (Phi) is 5.75. The van der Waals surface area contributed by atoms with E-state index in [1.165, 1.54) is 39.8 Å². The van der Waals surface area contributed by atoms with Gasteiger partial charge in [-0.15, -0.1) is 10.2 Å². The smallest absolute Gasteiger partial charge is 0.408 e. The lowest BCUT2D eigenvalue weighted by Gasteiger charge is -2.30. The molecule has 0 aliphatic carbocycles. The van der Waals surface area contributed by atoms with Gasteiger partial charge in [-0.25, -0.2) is 9.37 Å². The topological polar surface area (TPSA) is 81.6 Å². The molecule has 0 bridgehead atoms. The lowest BCUT2D eigenvalue weighted by Crippen LogP contribution is -2.38. The highest BCUT2D eigenvalue weighted by molar-refractivity contribution is 5.86. The molecule has 3 aromatic heterocycles. The number of rotatable bonds is 5. The van der Waals surface area contributed by atoms with Crippen molar-refractivity contribution in [2.75, 3.05) is 13.1 Å². The summed E-state index contributed by atoms with van der Waals surface area (Å²) in [6.07, 6.45) is -2.82. The number of fused-ring (bicyclic) bond motifs is 2. The fraction of sp³-hybridized carbons (Fsp3) is 0.318. The lowest BCUT2D eigenvalue weighted by atomic mass is 10.1. The predicted octanol–water partition coefficient (Wildman–Crippen LogP) is 4.32. The minimum absolute atomic E-state index is 0.0373. The average Bonchev–Trinajstić information content (AvgIpc) is 3.38. The van der Waals surface area contributed by atoms with E-state index in [0.717, 1.165) is 12.1 Å². The third kappa shape index (κ3) is 4.48. The van der Waals surface area contributed by atoms with Gasteiger partial charge in [0.2, 0.25) is 0 Å². The van der Waals surface area contributed by atoms with Crippen LogP contribution in [0.1, 0.15) is 18.0 Å². The molecule has 1 fully saturated rings. The SMILES string of the molecule is N[C@H]1CCN([C@H](c2ccc3nnc(-c4ccc5cc(F)cc(OC(F)F)c5n4)n3c2)C(F)(F)F)C1. The molecule has 1 aliphatic heterocycles. The van der Waals surface area contributed by atoms with Crippen molar-refractivity contribution < 1.29 is 31.1 Å². The molecule has 35 heavy (non-hydrogen) atoms. The van der Waals surface area contributed by atoms with Crippen LogP contribution in [0.5, 0.6) is 5.75 Å². The first-order valence-corrected chi connectivity index (χ1v) is 10.6. The molecule has 0 radical (unpaired) electrons. The number of likely N-dealkylation sites (tertiary alicyclic amines) is 1. The van der Waals surface area contributed by atoms with Crippen molar-refractivity contribution in [1.82, 2.24) is 24.5 Å². The van der Waals surface area contributed by atoms with E-state index < -0.39 is 30.4 Å². The van der Waals surface area contributed by atoms with Gasteiger partial charge < -0.3 is 10.5 Å². The Hall–Kier alpha value is -3.45. The van der Waals surface area contributed by atoms with Gasteiger partial charge in [0.1, 0.15) is 23.1 Å². The summed E-state index contributed by atoms with van der Waals surface area (Å²) >= 11 is 0. The van der Waals surface area contributed by atoms with Gasteiger partial charge in [-0.3, -0.25) is 9.30 Å². The Balaban J connectivity index is 1.61. The molecule has 4 aromatic rings. The van der Waals surface area contributed by atoms with Crippen LogP contribution in [0.15, 0.2) is 42.6 Å². The first-order valence-electron chi connectivity index (χ1n) is 10.6. The molecule has 4 heterocycles. The highest BCUT2D eigenvalue weighted by Gasteiger charge is 2.46. The maximum Gasteiger partial charge on any atom is 0.408 e. The van der Waals surface area contributed by atoms with Crippen molar-refractivity contribution in [3.8, 4) is 17.3 Å².